The Balaban J connectivity index is 0.000000199. The Kier molecular flexibility index (Phi) is 8.11. The second-order valence-electron chi connectivity index (χ2n) is 5.66. The Hall–Kier alpha value is -3.60. The lowest BCUT2D eigenvalue weighted by Gasteiger charge is -2.03. The summed E-state index contributed by atoms with van der Waals surface area (Å²) in [6, 6.07) is 27.0. The topological polar surface area (TPSA) is 106 Å². The molecule has 0 spiro atoms. The van der Waals surface area contributed by atoms with E-state index in [4.69, 9.17) is 5.53 Å². The van der Waals surface area contributed by atoms with Crippen molar-refractivity contribution >= 4 is 11.7 Å². The van der Waals surface area contributed by atoms with Gasteiger partial charge in [0.25, 0.3) is 0 Å². The summed E-state index contributed by atoms with van der Waals surface area (Å²) < 4.78 is 0. The number of aromatic carboxylic acids is 1. The minimum absolute atomic E-state index is 0.0694. The van der Waals surface area contributed by atoms with E-state index in [9.17, 15) is 9.90 Å². The third-order valence-corrected chi connectivity index (χ3v) is 3.72. The van der Waals surface area contributed by atoms with Crippen LogP contribution in [0.5, 0.6) is 0 Å². The number of benzene rings is 3. The second kappa shape index (κ2) is 11.1. The molecule has 0 aromatic heterocycles. The lowest BCUT2D eigenvalue weighted by Crippen LogP contribution is -2.80. The van der Waals surface area contributed by atoms with Gasteiger partial charge in [-0.15, -0.1) is 0 Å². The molecule has 6 nitrogen and oxygen atoms in total. The largest absolute Gasteiger partial charge is 0.545 e. The van der Waals surface area contributed by atoms with Crippen molar-refractivity contribution in [3.63, 3.8) is 0 Å². The van der Waals surface area contributed by atoms with Gasteiger partial charge in [-0.2, -0.15) is 0 Å². The molecule has 0 aliphatic carbocycles. The molecule has 0 bridgehead atoms. The van der Waals surface area contributed by atoms with Crippen LogP contribution in [-0.4, -0.2) is 5.97 Å². The predicted octanol–water partition coefficient (Wildman–Crippen LogP) is 2.94. The quantitative estimate of drug-likeness (QED) is 0.415. The molecule has 2 N–H and O–H groups in total. The van der Waals surface area contributed by atoms with E-state index in [1.165, 1.54) is 29.3 Å². The molecule has 0 fully saturated rings. The number of nitrogens with two attached hydrogens (primary N) is 1. The van der Waals surface area contributed by atoms with Crippen molar-refractivity contribution in [2.24, 2.45) is 5.11 Å². The number of hydrogen-bond acceptors (Lipinski definition) is 3. The number of hydrogen-bond donors (Lipinski definition) is 1. The molecule has 0 aliphatic heterocycles. The van der Waals surface area contributed by atoms with E-state index in [2.05, 4.69) is 76.0 Å². The highest BCUT2D eigenvalue weighted by Gasteiger charge is 1.98. The average molecular weight is 360 g/mol. The lowest BCUT2D eigenvalue weighted by atomic mass is 10.2. The molecule has 3 rings (SSSR count). The van der Waals surface area contributed by atoms with E-state index < -0.39 is 5.97 Å². The lowest BCUT2D eigenvalue weighted by molar-refractivity contribution is -0.686. The van der Waals surface area contributed by atoms with E-state index in [-0.39, 0.29) is 11.3 Å². The van der Waals surface area contributed by atoms with Gasteiger partial charge in [-0.3, -0.25) is 0 Å². The number of carboxylic acid groups (broad SMARTS) is 1. The van der Waals surface area contributed by atoms with Crippen LogP contribution >= 0.6 is 0 Å². The van der Waals surface area contributed by atoms with Gasteiger partial charge >= 0.3 is 0 Å². The van der Waals surface area contributed by atoms with Gasteiger partial charge < -0.3 is 15.2 Å². The molecule has 0 amide bonds. The Labute approximate surface area is 157 Å². The maximum atomic E-state index is 10.4. The highest BCUT2D eigenvalue weighted by Crippen LogP contribution is 2.17. The van der Waals surface area contributed by atoms with Gasteiger partial charge in [-0.25, -0.2) is 0 Å². The maximum Gasteiger partial charge on any atom is 0.101 e. The van der Waals surface area contributed by atoms with Crippen LogP contribution in [0, 0.1) is 0 Å². The summed E-state index contributed by atoms with van der Waals surface area (Å²) in [7, 11) is 0. The summed E-state index contributed by atoms with van der Waals surface area (Å²) in [4.78, 5) is 12.9. The van der Waals surface area contributed by atoms with Gasteiger partial charge in [-0.05, 0) is 5.53 Å². The summed E-state index contributed by atoms with van der Waals surface area (Å²) in [6.45, 7) is 2.10. The van der Waals surface area contributed by atoms with Gasteiger partial charge in [0, 0.05) is 27.3 Å². The van der Waals surface area contributed by atoms with Crippen molar-refractivity contribution in [3.05, 3.63) is 112 Å². The first-order valence-corrected chi connectivity index (χ1v) is 8.45. The molecule has 0 aliphatic rings. The van der Waals surface area contributed by atoms with Crippen molar-refractivity contribution in [3.8, 4) is 0 Å². The van der Waals surface area contributed by atoms with Gasteiger partial charge in [-0.1, -0.05) is 90.0 Å². The Morgan fingerprint density at radius 1 is 0.852 bits per heavy atom. The molecular weight excluding hydrogens is 340 g/mol. The fourth-order valence-electron chi connectivity index (χ4n) is 2.42. The third-order valence-electron chi connectivity index (χ3n) is 3.72. The number of carbonyl (C=O) groups is 1. The van der Waals surface area contributed by atoms with Gasteiger partial charge in [0.15, 0.2) is 0 Å². The monoisotopic (exact) mass is 360 g/mol. The first-order valence-electron chi connectivity index (χ1n) is 8.45. The first kappa shape index (κ1) is 19.7. The molecule has 6 heteroatoms. The van der Waals surface area contributed by atoms with Gasteiger partial charge in [0.05, 0.1) is 5.97 Å². The maximum absolute atomic E-state index is 10.4. The molecule has 0 saturated heterocycles. The van der Waals surface area contributed by atoms with E-state index in [1.807, 2.05) is 0 Å². The molecule has 0 atom stereocenters. The van der Waals surface area contributed by atoms with Crippen LogP contribution in [0.15, 0.2) is 90.0 Å². The van der Waals surface area contributed by atoms with E-state index in [0.29, 0.717) is 0 Å². The first-order chi connectivity index (χ1) is 13.2. The van der Waals surface area contributed by atoms with Crippen molar-refractivity contribution in [2.75, 3.05) is 0 Å². The highest BCUT2D eigenvalue weighted by atomic mass is 16.4. The molecular formula is C21H20N4O2. The minimum Gasteiger partial charge on any atom is -0.545 e. The number of carboxylic acids is 1. The smallest absolute Gasteiger partial charge is 0.101 e. The molecule has 3 aromatic rings. The van der Waals surface area contributed by atoms with Gasteiger partial charge in [0.2, 0.25) is 0 Å². The average Bonchev–Trinajstić information content (AvgIpc) is 2.71. The fourth-order valence-corrected chi connectivity index (χ4v) is 2.42. The molecule has 3 aromatic carbocycles. The van der Waals surface area contributed by atoms with E-state index in [1.54, 1.807) is 6.07 Å². The van der Waals surface area contributed by atoms with Crippen LogP contribution in [0.4, 0.5) is 5.69 Å². The second-order valence-corrected chi connectivity index (χ2v) is 5.66. The number of carbonyl (C=O) groups excluding carboxylic acids is 1. The van der Waals surface area contributed by atoms with Crippen LogP contribution < -0.4 is 10.4 Å². The van der Waals surface area contributed by atoms with E-state index >= 15 is 0 Å². The molecule has 0 radical (unpaired) electrons. The summed E-state index contributed by atoms with van der Waals surface area (Å²) in [5.41, 5.74) is 10.8. The van der Waals surface area contributed by atoms with Crippen molar-refractivity contribution in [1.82, 2.24) is 0 Å². The molecule has 0 heterocycles. The number of rotatable bonds is 6. The van der Waals surface area contributed by atoms with Crippen molar-refractivity contribution < 1.29 is 15.2 Å². The zero-order chi connectivity index (χ0) is 19.3. The van der Waals surface area contributed by atoms with Crippen LogP contribution in [-0.2, 0) is 13.1 Å². The highest BCUT2D eigenvalue weighted by molar-refractivity contribution is 5.91. The Morgan fingerprint density at radius 2 is 1.33 bits per heavy atom. The Morgan fingerprint density at radius 3 is 1.81 bits per heavy atom. The SMILES string of the molecule is [N-]=[N+]=Nc1ccccc1C(=O)[O-].c1ccc(C[NH2+]Cc2ccccc2)cc1. The zero-order valence-electron chi connectivity index (χ0n) is 14.7. The summed E-state index contributed by atoms with van der Waals surface area (Å²) in [5.74, 6) is -1.35. The zero-order valence-corrected chi connectivity index (χ0v) is 14.7. The van der Waals surface area contributed by atoms with Crippen LogP contribution in [0.1, 0.15) is 21.5 Å². The Bertz CT molecular complexity index is 832. The number of azide groups is 1. The predicted molar refractivity (Wildman–Crippen MR) is 102 cm³/mol. The summed E-state index contributed by atoms with van der Waals surface area (Å²) in [5, 5.41) is 15.9. The molecule has 0 saturated carbocycles. The van der Waals surface area contributed by atoms with Crippen molar-refractivity contribution in [2.45, 2.75) is 13.1 Å². The summed E-state index contributed by atoms with van der Waals surface area (Å²) >= 11 is 0. The third kappa shape index (κ3) is 7.04. The molecule has 27 heavy (non-hydrogen) atoms. The van der Waals surface area contributed by atoms with Crippen LogP contribution in [0.25, 0.3) is 10.4 Å². The van der Waals surface area contributed by atoms with Crippen LogP contribution in [0.3, 0.4) is 0 Å². The number of quaternary nitrogens is 1. The van der Waals surface area contributed by atoms with Crippen molar-refractivity contribution in [1.29, 1.82) is 0 Å². The van der Waals surface area contributed by atoms with E-state index in [0.717, 1.165) is 13.1 Å². The minimum atomic E-state index is -1.35. The number of nitrogens with zero attached hydrogens (tertiary/aromatic N) is 3. The summed E-state index contributed by atoms with van der Waals surface area (Å²) in [6.07, 6.45) is 0. The molecule has 0 unspecified atom stereocenters. The standard InChI is InChI=1S/C14H15N.C7H5N3O2/c1-3-7-13(8-4-1)11-15-12-14-9-5-2-6-10-14;8-10-9-6-4-2-1-3-5(6)7(11)12/h1-10,15H,11-12H2;1-4H,(H,11,12). The normalized spacial score (nSPS) is 9.48. The van der Waals surface area contributed by atoms with Gasteiger partial charge in [0.1, 0.15) is 13.1 Å². The van der Waals surface area contributed by atoms with Crippen LogP contribution in [0.2, 0.25) is 0 Å². The fraction of sp³-hybridized carbons (Fsp3) is 0.0952. The molecule has 136 valence electrons.